The lowest BCUT2D eigenvalue weighted by atomic mass is 9.92. The lowest BCUT2D eigenvalue weighted by Crippen LogP contribution is -2.64. The van der Waals surface area contributed by atoms with Gasteiger partial charge in [-0.2, -0.15) is 11.3 Å². The van der Waals surface area contributed by atoms with Crippen LogP contribution in [0.4, 0.5) is 5.69 Å². The van der Waals surface area contributed by atoms with Crippen LogP contribution in [0.3, 0.4) is 0 Å². The normalized spacial score (nSPS) is 28.4. The molecule has 0 N–H and O–H groups in total. The number of carbonyl (C=O) groups excluding carboxylic acids is 2. The van der Waals surface area contributed by atoms with Crippen LogP contribution in [0.25, 0.3) is 0 Å². The lowest BCUT2D eigenvalue weighted by Gasteiger charge is -2.46. The number of nitrogens with zero attached hydrogens (tertiary/aromatic N) is 3. The predicted molar refractivity (Wildman–Crippen MR) is 99.8 cm³/mol. The van der Waals surface area contributed by atoms with E-state index in [1.165, 1.54) is 25.7 Å². The van der Waals surface area contributed by atoms with Crippen molar-refractivity contribution in [3.8, 4) is 0 Å². The molecule has 1 aliphatic carbocycles. The third kappa shape index (κ3) is 3.22. The highest BCUT2D eigenvalue weighted by Crippen LogP contribution is 2.35. The molecule has 6 heteroatoms. The molecule has 1 aromatic rings. The Morgan fingerprint density at radius 1 is 1.32 bits per heavy atom. The molecule has 0 radical (unpaired) electrons. The van der Waals surface area contributed by atoms with E-state index in [4.69, 9.17) is 0 Å². The summed E-state index contributed by atoms with van der Waals surface area (Å²) >= 11 is 1.62. The van der Waals surface area contributed by atoms with E-state index < -0.39 is 0 Å². The molecule has 0 bridgehead atoms. The summed E-state index contributed by atoms with van der Waals surface area (Å²) in [5.41, 5.74) is 0.902. The number of rotatable bonds is 3. The van der Waals surface area contributed by atoms with E-state index in [9.17, 15) is 9.59 Å². The number of likely N-dealkylation sites (N-methyl/N-ethyl adjacent to an activating group) is 1. The highest BCUT2D eigenvalue weighted by Gasteiger charge is 2.48. The molecule has 2 saturated heterocycles. The number of piperazine rings is 1. The molecular formula is C19H27N3O2S. The zero-order valence-corrected chi connectivity index (χ0v) is 15.8. The quantitative estimate of drug-likeness (QED) is 0.831. The lowest BCUT2D eigenvalue weighted by molar-refractivity contribution is -0.131. The first-order valence-electron chi connectivity index (χ1n) is 9.39. The summed E-state index contributed by atoms with van der Waals surface area (Å²) in [7, 11) is 2.04. The van der Waals surface area contributed by atoms with Crippen molar-refractivity contribution >= 4 is 28.8 Å². The van der Waals surface area contributed by atoms with Crippen LogP contribution in [-0.4, -0.2) is 60.4 Å². The Hall–Kier alpha value is -1.40. The van der Waals surface area contributed by atoms with E-state index in [1.807, 2.05) is 28.8 Å². The van der Waals surface area contributed by atoms with Crippen LogP contribution in [-0.2, 0) is 9.59 Å². The van der Waals surface area contributed by atoms with E-state index in [0.29, 0.717) is 31.3 Å². The number of thiophene rings is 1. The SMILES string of the molecule is CN1CC(=O)N(c2ccsc2)C[C@@]12CCN(C(=O)CC1CCCC1)C2. The van der Waals surface area contributed by atoms with Crippen molar-refractivity contribution in [1.82, 2.24) is 9.80 Å². The van der Waals surface area contributed by atoms with Gasteiger partial charge in [0.1, 0.15) is 0 Å². The van der Waals surface area contributed by atoms with E-state index in [-0.39, 0.29) is 11.4 Å². The molecule has 3 aliphatic rings. The number of hydrogen-bond donors (Lipinski definition) is 0. The summed E-state index contributed by atoms with van der Waals surface area (Å²) in [5, 5.41) is 4.05. The Morgan fingerprint density at radius 3 is 2.84 bits per heavy atom. The van der Waals surface area contributed by atoms with Crippen LogP contribution in [0.5, 0.6) is 0 Å². The van der Waals surface area contributed by atoms with Crippen molar-refractivity contribution in [1.29, 1.82) is 0 Å². The van der Waals surface area contributed by atoms with E-state index in [1.54, 1.807) is 11.3 Å². The number of likely N-dealkylation sites (tertiary alicyclic amines) is 1. The van der Waals surface area contributed by atoms with Crippen molar-refractivity contribution in [2.45, 2.75) is 44.1 Å². The Morgan fingerprint density at radius 2 is 2.12 bits per heavy atom. The maximum Gasteiger partial charge on any atom is 0.241 e. The highest BCUT2D eigenvalue weighted by atomic mass is 32.1. The topological polar surface area (TPSA) is 43.9 Å². The molecule has 4 rings (SSSR count). The Kier molecular flexibility index (Phi) is 4.58. The van der Waals surface area contributed by atoms with Crippen LogP contribution in [0.2, 0.25) is 0 Å². The first-order valence-corrected chi connectivity index (χ1v) is 10.3. The Labute approximate surface area is 153 Å². The van der Waals surface area contributed by atoms with E-state index >= 15 is 0 Å². The number of amides is 2. The van der Waals surface area contributed by atoms with Crippen molar-refractivity contribution < 1.29 is 9.59 Å². The van der Waals surface area contributed by atoms with E-state index in [0.717, 1.165) is 25.2 Å². The fourth-order valence-corrected chi connectivity index (χ4v) is 5.35. The van der Waals surface area contributed by atoms with Crippen LogP contribution < -0.4 is 4.90 Å². The zero-order chi connectivity index (χ0) is 17.4. The minimum atomic E-state index is -0.0960. The molecule has 3 fully saturated rings. The highest BCUT2D eigenvalue weighted by molar-refractivity contribution is 7.08. The number of anilines is 1. The first-order chi connectivity index (χ1) is 12.1. The predicted octanol–water partition coefficient (Wildman–Crippen LogP) is 2.58. The fourth-order valence-electron chi connectivity index (χ4n) is 4.71. The minimum Gasteiger partial charge on any atom is -0.341 e. The molecule has 3 heterocycles. The van der Waals surface area contributed by atoms with Gasteiger partial charge >= 0.3 is 0 Å². The van der Waals surface area contributed by atoms with Crippen LogP contribution in [0.1, 0.15) is 38.5 Å². The molecule has 1 aromatic heterocycles. The van der Waals surface area contributed by atoms with Gasteiger partial charge in [-0.05, 0) is 43.7 Å². The molecule has 0 aromatic carbocycles. The summed E-state index contributed by atoms with van der Waals surface area (Å²) in [6, 6.07) is 2.01. The second-order valence-corrected chi connectivity index (χ2v) is 8.74. The largest absolute Gasteiger partial charge is 0.341 e. The molecule has 2 aliphatic heterocycles. The van der Waals surface area contributed by atoms with Crippen LogP contribution in [0.15, 0.2) is 16.8 Å². The smallest absolute Gasteiger partial charge is 0.241 e. The molecule has 1 spiro atoms. The molecule has 1 atom stereocenters. The molecular weight excluding hydrogens is 334 g/mol. The van der Waals surface area contributed by atoms with Gasteiger partial charge in [-0.3, -0.25) is 14.5 Å². The van der Waals surface area contributed by atoms with Gasteiger partial charge in [-0.1, -0.05) is 12.8 Å². The van der Waals surface area contributed by atoms with Gasteiger partial charge in [-0.15, -0.1) is 0 Å². The second-order valence-electron chi connectivity index (χ2n) is 7.96. The third-order valence-electron chi connectivity index (χ3n) is 6.38. The molecule has 0 unspecified atom stereocenters. The van der Waals surface area contributed by atoms with Gasteiger partial charge in [0.05, 0.1) is 17.8 Å². The number of hydrogen-bond acceptors (Lipinski definition) is 4. The fraction of sp³-hybridized carbons (Fsp3) is 0.684. The van der Waals surface area contributed by atoms with Crippen LogP contribution >= 0.6 is 11.3 Å². The van der Waals surface area contributed by atoms with Crippen molar-refractivity contribution in [2.75, 3.05) is 38.1 Å². The van der Waals surface area contributed by atoms with Crippen molar-refractivity contribution in [3.05, 3.63) is 16.8 Å². The second kappa shape index (κ2) is 6.72. The molecule has 136 valence electrons. The zero-order valence-electron chi connectivity index (χ0n) is 14.9. The summed E-state index contributed by atoms with van der Waals surface area (Å²) in [6.07, 6.45) is 6.65. The monoisotopic (exact) mass is 361 g/mol. The minimum absolute atomic E-state index is 0.0960. The van der Waals surface area contributed by atoms with Gasteiger partial charge in [-0.25, -0.2) is 0 Å². The van der Waals surface area contributed by atoms with Crippen LogP contribution in [0, 0.1) is 5.92 Å². The summed E-state index contributed by atoms with van der Waals surface area (Å²) in [6.45, 7) is 2.69. The summed E-state index contributed by atoms with van der Waals surface area (Å²) in [4.78, 5) is 31.4. The van der Waals surface area contributed by atoms with E-state index in [2.05, 4.69) is 9.80 Å². The average Bonchev–Trinajstić information content (AvgIpc) is 3.33. The maximum atomic E-state index is 12.7. The Bertz CT molecular complexity index is 641. The van der Waals surface area contributed by atoms with Gasteiger partial charge in [0.2, 0.25) is 11.8 Å². The first kappa shape index (κ1) is 17.0. The maximum absolute atomic E-state index is 12.7. The summed E-state index contributed by atoms with van der Waals surface area (Å²) in [5.74, 6) is 1.07. The summed E-state index contributed by atoms with van der Waals surface area (Å²) < 4.78 is 0. The molecule has 5 nitrogen and oxygen atoms in total. The third-order valence-corrected chi connectivity index (χ3v) is 7.05. The van der Waals surface area contributed by atoms with Gasteiger partial charge in [0, 0.05) is 31.4 Å². The molecule has 25 heavy (non-hydrogen) atoms. The molecule has 1 saturated carbocycles. The van der Waals surface area contributed by atoms with Gasteiger partial charge in [0.15, 0.2) is 0 Å². The van der Waals surface area contributed by atoms with Gasteiger partial charge < -0.3 is 9.80 Å². The van der Waals surface area contributed by atoms with Gasteiger partial charge in [0.25, 0.3) is 0 Å². The molecule has 2 amide bonds. The Balaban J connectivity index is 1.45. The number of carbonyl (C=O) groups is 2. The standard InChI is InChI=1S/C19H27N3O2S/c1-20-11-18(24)22(16-6-9-25-12-16)14-19(20)7-8-21(13-19)17(23)10-15-4-2-3-5-15/h6,9,12,15H,2-5,7-8,10-11,13-14H2,1H3/t19-/m0/s1. The average molecular weight is 362 g/mol. The van der Waals surface area contributed by atoms with Crippen molar-refractivity contribution in [2.24, 2.45) is 5.92 Å². The van der Waals surface area contributed by atoms with Crippen molar-refractivity contribution in [3.63, 3.8) is 0 Å².